The third kappa shape index (κ3) is 2.42. The van der Waals surface area contributed by atoms with Crippen LogP contribution in [0.4, 0.5) is 0 Å². The van der Waals surface area contributed by atoms with E-state index in [4.69, 9.17) is 15.2 Å². The minimum absolute atomic E-state index is 0.285. The minimum atomic E-state index is -0.285. The van der Waals surface area contributed by atoms with Crippen molar-refractivity contribution in [1.29, 1.82) is 0 Å². The van der Waals surface area contributed by atoms with E-state index in [-0.39, 0.29) is 6.04 Å². The van der Waals surface area contributed by atoms with Crippen LogP contribution in [-0.4, -0.2) is 24.0 Å². The number of nitrogens with zero attached hydrogens (tertiary/aromatic N) is 2. The molecule has 0 bridgehead atoms. The van der Waals surface area contributed by atoms with Gasteiger partial charge in [-0.3, -0.25) is 4.68 Å². The molecule has 0 fully saturated rings. The van der Waals surface area contributed by atoms with Crippen molar-refractivity contribution in [1.82, 2.24) is 9.78 Å². The number of aromatic nitrogens is 2. The Labute approximate surface area is 112 Å². The maximum atomic E-state index is 6.32. The van der Waals surface area contributed by atoms with Gasteiger partial charge in [-0.2, -0.15) is 5.10 Å². The van der Waals surface area contributed by atoms with Gasteiger partial charge in [0.05, 0.1) is 26.5 Å². The van der Waals surface area contributed by atoms with Crippen molar-refractivity contribution in [3.05, 3.63) is 41.2 Å². The summed E-state index contributed by atoms with van der Waals surface area (Å²) in [7, 11) is 5.13. The second kappa shape index (κ2) is 5.32. The van der Waals surface area contributed by atoms with Gasteiger partial charge in [-0.05, 0) is 24.1 Å². The predicted octanol–water partition coefficient (Wildman–Crippen LogP) is 1.79. The molecule has 0 aliphatic carbocycles. The SMILES string of the molecule is COc1ccc(C(N)c2c(OC)cnn2C)cc1C. The van der Waals surface area contributed by atoms with Crippen molar-refractivity contribution < 1.29 is 9.47 Å². The maximum absolute atomic E-state index is 6.32. The average molecular weight is 261 g/mol. The van der Waals surface area contributed by atoms with Crippen LogP contribution in [0.15, 0.2) is 24.4 Å². The standard InChI is InChI=1S/C14H19N3O2/c1-9-7-10(5-6-11(9)18-3)13(15)14-12(19-4)8-16-17(14)2/h5-8,13H,15H2,1-4H3. The Morgan fingerprint density at radius 3 is 2.47 bits per heavy atom. The Morgan fingerprint density at radius 2 is 1.89 bits per heavy atom. The van der Waals surface area contributed by atoms with Crippen LogP contribution in [-0.2, 0) is 7.05 Å². The van der Waals surface area contributed by atoms with Gasteiger partial charge >= 0.3 is 0 Å². The van der Waals surface area contributed by atoms with Crippen LogP contribution < -0.4 is 15.2 Å². The molecule has 0 spiro atoms. The Kier molecular flexibility index (Phi) is 3.76. The number of aryl methyl sites for hydroxylation is 2. The lowest BCUT2D eigenvalue weighted by molar-refractivity contribution is 0.405. The molecule has 2 aromatic rings. The molecule has 0 saturated heterocycles. The van der Waals surface area contributed by atoms with E-state index in [2.05, 4.69) is 5.10 Å². The summed E-state index contributed by atoms with van der Waals surface area (Å²) in [5, 5.41) is 4.18. The van der Waals surface area contributed by atoms with Gasteiger partial charge in [0.2, 0.25) is 0 Å². The van der Waals surface area contributed by atoms with Crippen LogP contribution in [0.3, 0.4) is 0 Å². The topological polar surface area (TPSA) is 62.3 Å². The quantitative estimate of drug-likeness (QED) is 0.911. The molecular formula is C14H19N3O2. The Bertz CT molecular complexity index is 578. The van der Waals surface area contributed by atoms with Gasteiger partial charge in [-0.25, -0.2) is 0 Å². The summed E-state index contributed by atoms with van der Waals surface area (Å²) >= 11 is 0. The van der Waals surface area contributed by atoms with Crippen molar-refractivity contribution in [2.75, 3.05) is 14.2 Å². The number of ether oxygens (including phenoxy) is 2. The summed E-state index contributed by atoms with van der Waals surface area (Å²) in [5.74, 6) is 1.55. The van der Waals surface area contributed by atoms with Crippen molar-refractivity contribution in [3.8, 4) is 11.5 Å². The fourth-order valence-electron chi connectivity index (χ4n) is 2.19. The van der Waals surface area contributed by atoms with Gasteiger partial charge in [0.1, 0.15) is 11.4 Å². The first kappa shape index (κ1) is 13.4. The third-order valence-electron chi connectivity index (χ3n) is 3.24. The van der Waals surface area contributed by atoms with Gasteiger partial charge < -0.3 is 15.2 Å². The molecule has 0 aliphatic heterocycles. The summed E-state index contributed by atoms with van der Waals surface area (Å²) in [5.41, 5.74) is 9.22. The molecule has 5 heteroatoms. The van der Waals surface area contributed by atoms with Crippen molar-refractivity contribution in [3.63, 3.8) is 0 Å². The molecular weight excluding hydrogens is 242 g/mol. The second-order valence-electron chi connectivity index (χ2n) is 4.43. The summed E-state index contributed by atoms with van der Waals surface area (Å²) in [4.78, 5) is 0. The molecule has 19 heavy (non-hydrogen) atoms. The fourth-order valence-corrected chi connectivity index (χ4v) is 2.19. The highest BCUT2D eigenvalue weighted by Gasteiger charge is 2.19. The van der Waals surface area contributed by atoms with Crippen LogP contribution in [0.5, 0.6) is 11.5 Å². The van der Waals surface area contributed by atoms with E-state index >= 15 is 0 Å². The number of nitrogens with two attached hydrogens (primary N) is 1. The van der Waals surface area contributed by atoms with Crippen molar-refractivity contribution in [2.45, 2.75) is 13.0 Å². The highest BCUT2D eigenvalue weighted by Crippen LogP contribution is 2.29. The highest BCUT2D eigenvalue weighted by molar-refractivity contribution is 5.42. The molecule has 5 nitrogen and oxygen atoms in total. The van der Waals surface area contributed by atoms with Crippen LogP contribution in [0.2, 0.25) is 0 Å². The van der Waals surface area contributed by atoms with E-state index in [1.54, 1.807) is 25.1 Å². The first-order chi connectivity index (χ1) is 9.08. The van der Waals surface area contributed by atoms with Crippen molar-refractivity contribution in [2.24, 2.45) is 12.8 Å². The average Bonchev–Trinajstić information content (AvgIpc) is 2.78. The molecule has 1 unspecified atom stereocenters. The van der Waals surface area contributed by atoms with Crippen LogP contribution in [0, 0.1) is 6.92 Å². The Balaban J connectivity index is 2.41. The van der Waals surface area contributed by atoms with Gasteiger partial charge in [0.25, 0.3) is 0 Å². The fraction of sp³-hybridized carbons (Fsp3) is 0.357. The second-order valence-corrected chi connectivity index (χ2v) is 4.43. The molecule has 1 aromatic carbocycles. The normalized spacial score (nSPS) is 12.3. The monoisotopic (exact) mass is 261 g/mol. The smallest absolute Gasteiger partial charge is 0.161 e. The van der Waals surface area contributed by atoms with E-state index in [1.165, 1.54) is 0 Å². The number of rotatable bonds is 4. The highest BCUT2D eigenvalue weighted by atomic mass is 16.5. The zero-order valence-electron chi connectivity index (χ0n) is 11.7. The number of hydrogen-bond acceptors (Lipinski definition) is 4. The van der Waals surface area contributed by atoms with Gasteiger partial charge in [0, 0.05) is 7.05 Å². The lowest BCUT2D eigenvalue weighted by Crippen LogP contribution is -2.17. The van der Waals surface area contributed by atoms with Gasteiger partial charge in [0.15, 0.2) is 5.75 Å². The van der Waals surface area contributed by atoms with Gasteiger partial charge in [-0.15, -0.1) is 0 Å². The maximum Gasteiger partial charge on any atom is 0.161 e. The first-order valence-electron chi connectivity index (χ1n) is 6.04. The predicted molar refractivity (Wildman–Crippen MR) is 73.5 cm³/mol. The molecule has 1 aromatic heterocycles. The summed E-state index contributed by atoms with van der Waals surface area (Å²) < 4.78 is 12.3. The van der Waals surface area contributed by atoms with Crippen LogP contribution in [0.25, 0.3) is 0 Å². The van der Waals surface area contributed by atoms with Crippen molar-refractivity contribution >= 4 is 0 Å². The summed E-state index contributed by atoms with van der Waals surface area (Å²) in [6.07, 6.45) is 1.67. The van der Waals surface area contributed by atoms with E-state index in [0.29, 0.717) is 5.75 Å². The molecule has 2 rings (SSSR count). The molecule has 2 N–H and O–H groups in total. The number of methoxy groups -OCH3 is 2. The van der Waals surface area contributed by atoms with E-state index in [0.717, 1.165) is 22.6 Å². The van der Waals surface area contributed by atoms with Crippen LogP contribution in [0.1, 0.15) is 22.9 Å². The van der Waals surface area contributed by atoms with E-state index in [1.807, 2.05) is 32.2 Å². The van der Waals surface area contributed by atoms with E-state index in [9.17, 15) is 0 Å². The first-order valence-corrected chi connectivity index (χ1v) is 6.04. The van der Waals surface area contributed by atoms with Crippen LogP contribution >= 0.6 is 0 Å². The minimum Gasteiger partial charge on any atom is -0.496 e. The molecule has 1 heterocycles. The number of benzene rings is 1. The molecule has 0 amide bonds. The summed E-state index contributed by atoms with van der Waals surface area (Å²) in [6.45, 7) is 2.00. The third-order valence-corrected chi connectivity index (χ3v) is 3.24. The summed E-state index contributed by atoms with van der Waals surface area (Å²) in [6, 6.07) is 5.62. The zero-order chi connectivity index (χ0) is 14.0. The molecule has 0 radical (unpaired) electrons. The lowest BCUT2D eigenvalue weighted by Gasteiger charge is -2.16. The largest absolute Gasteiger partial charge is 0.496 e. The van der Waals surface area contributed by atoms with Gasteiger partial charge in [-0.1, -0.05) is 12.1 Å². The van der Waals surface area contributed by atoms with E-state index < -0.39 is 0 Å². The zero-order valence-corrected chi connectivity index (χ0v) is 11.7. The molecule has 0 aliphatic rings. The molecule has 102 valence electrons. The lowest BCUT2D eigenvalue weighted by atomic mass is 10.0. The molecule has 1 atom stereocenters. The number of hydrogen-bond donors (Lipinski definition) is 1. The molecule has 0 saturated carbocycles. The Hall–Kier alpha value is -2.01. The Morgan fingerprint density at radius 1 is 1.21 bits per heavy atom.